The summed E-state index contributed by atoms with van der Waals surface area (Å²) in [6.45, 7) is 1.20. The van der Waals surface area contributed by atoms with Crippen molar-refractivity contribution >= 4 is 17.7 Å². The van der Waals surface area contributed by atoms with Gasteiger partial charge in [0.15, 0.2) is 0 Å². The van der Waals surface area contributed by atoms with Gasteiger partial charge in [0.05, 0.1) is 6.54 Å². The highest BCUT2D eigenvalue weighted by Crippen LogP contribution is 2.64. The highest BCUT2D eigenvalue weighted by atomic mass is 19.1. The van der Waals surface area contributed by atoms with Crippen LogP contribution in [-0.2, 0) is 22.6 Å². The van der Waals surface area contributed by atoms with Crippen LogP contribution in [0.2, 0.25) is 0 Å². The first kappa shape index (κ1) is 21.3. The van der Waals surface area contributed by atoms with Gasteiger partial charge in [-0.25, -0.2) is 4.39 Å². The van der Waals surface area contributed by atoms with Gasteiger partial charge in [-0.1, -0.05) is 18.9 Å². The third kappa shape index (κ3) is 3.59. The first-order chi connectivity index (χ1) is 15.9. The third-order valence-corrected chi connectivity index (χ3v) is 9.02. The Hall–Kier alpha value is -2.28. The minimum Gasteiger partial charge on any atom is -0.322 e. The second-order valence-corrected chi connectivity index (χ2v) is 11.2. The van der Waals surface area contributed by atoms with E-state index in [0.29, 0.717) is 40.5 Å². The van der Waals surface area contributed by atoms with Gasteiger partial charge in [0.1, 0.15) is 11.9 Å². The topological polar surface area (TPSA) is 78.5 Å². The van der Waals surface area contributed by atoms with E-state index in [1.807, 2.05) is 0 Å². The van der Waals surface area contributed by atoms with Crippen LogP contribution in [0.1, 0.15) is 79.3 Å². The van der Waals surface area contributed by atoms with Crippen LogP contribution in [0.25, 0.3) is 0 Å². The Morgan fingerprint density at radius 1 is 1.09 bits per heavy atom. The number of hydrogen-bond donors (Lipinski definition) is 2. The van der Waals surface area contributed by atoms with E-state index in [9.17, 15) is 14.4 Å². The fourth-order valence-electron chi connectivity index (χ4n) is 7.04. The van der Waals surface area contributed by atoms with Crippen molar-refractivity contribution in [3.05, 3.63) is 34.6 Å². The van der Waals surface area contributed by atoms with Crippen molar-refractivity contribution < 1.29 is 18.8 Å². The van der Waals surface area contributed by atoms with E-state index in [2.05, 4.69) is 10.6 Å². The average Bonchev–Trinajstić information content (AvgIpc) is 3.06. The van der Waals surface area contributed by atoms with Crippen molar-refractivity contribution in [2.24, 2.45) is 17.3 Å². The first-order valence-corrected chi connectivity index (χ1v) is 12.6. The molecule has 6 nitrogen and oxygen atoms in total. The van der Waals surface area contributed by atoms with E-state index < -0.39 is 11.9 Å². The maximum absolute atomic E-state index is 15.6. The molecule has 4 saturated carbocycles. The zero-order chi connectivity index (χ0) is 22.7. The third-order valence-electron chi connectivity index (χ3n) is 9.02. The molecule has 1 aromatic rings. The predicted molar refractivity (Wildman–Crippen MR) is 120 cm³/mol. The van der Waals surface area contributed by atoms with Crippen molar-refractivity contribution in [3.8, 4) is 0 Å². The Morgan fingerprint density at radius 2 is 1.88 bits per heavy atom. The Bertz CT molecular complexity index is 1010. The summed E-state index contributed by atoms with van der Waals surface area (Å²) in [6, 6.07) is 3.22. The summed E-state index contributed by atoms with van der Waals surface area (Å²) < 4.78 is 15.6. The van der Waals surface area contributed by atoms with E-state index in [-0.39, 0.29) is 37.0 Å². The molecule has 0 aromatic heterocycles. The number of hydrogen-bond acceptors (Lipinski definition) is 4. The summed E-state index contributed by atoms with van der Waals surface area (Å²) in [6.07, 6.45) is 9.98. The summed E-state index contributed by atoms with van der Waals surface area (Å²) in [5.41, 5.74) is 1.99. The Morgan fingerprint density at radius 3 is 2.61 bits per heavy atom. The summed E-state index contributed by atoms with van der Waals surface area (Å²) in [4.78, 5) is 38.1. The van der Waals surface area contributed by atoms with Crippen molar-refractivity contribution in [2.45, 2.75) is 82.8 Å². The lowest BCUT2D eigenvalue weighted by atomic mass is 9.44. The van der Waals surface area contributed by atoms with Crippen molar-refractivity contribution in [3.63, 3.8) is 0 Å². The van der Waals surface area contributed by atoms with E-state index in [1.54, 1.807) is 12.1 Å². The number of nitrogens with zero attached hydrogens (tertiary/aromatic N) is 1. The van der Waals surface area contributed by atoms with Gasteiger partial charge in [-0.2, -0.15) is 0 Å². The summed E-state index contributed by atoms with van der Waals surface area (Å²) in [5, 5.41) is 6.15. The number of carbonyl (C=O) groups is 3. The maximum Gasteiger partial charge on any atom is 0.255 e. The fraction of sp³-hybridized carbons (Fsp3) is 0.654. The lowest BCUT2D eigenvalue weighted by Gasteiger charge is -2.62. The first-order valence-electron chi connectivity index (χ1n) is 12.6. The molecule has 33 heavy (non-hydrogen) atoms. The zero-order valence-corrected chi connectivity index (χ0v) is 19.0. The van der Waals surface area contributed by atoms with Gasteiger partial charge in [-0.15, -0.1) is 0 Å². The highest BCUT2D eigenvalue weighted by molar-refractivity contribution is 6.05. The molecule has 1 unspecified atom stereocenters. The van der Waals surface area contributed by atoms with Gasteiger partial charge in [0.25, 0.3) is 5.91 Å². The second kappa shape index (κ2) is 7.90. The number of amides is 3. The van der Waals surface area contributed by atoms with E-state index >= 15 is 4.39 Å². The Labute approximate surface area is 193 Å². The molecule has 5 fully saturated rings. The Balaban J connectivity index is 1.16. The molecular weight excluding hydrogens is 421 g/mol. The van der Waals surface area contributed by atoms with Crippen LogP contribution in [0.5, 0.6) is 0 Å². The molecule has 0 spiro atoms. The Kier molecular flexibility index (Phi) is 5.09. The fourth-order valence-corrected chi connectivity index (χ4v) is 7.04. The molecule has 3 amide bonds. The molecule has 1 aromatic carbocycles. The molecule has 2 heterocycles. The van der Waals surface area contributed by atoms with Gasteiger partial charge in [0, 0.05) is 30.1 Å². The molecule has 3 atom stereocenters. The number of benzene rings is 1. The summed E-state index contributed by atoms with van der Waals surface area (Å²) in [7, 11) is 0. The predicted octanol–water partition coefficient (Wildman–Crippen LogP) is 3.08. The number of imide groups is 1. The molecule has 0 radical (unpaired) electrons. The van der Waals surface area contributed by atoms with Crippen LogP contribution in [0.15, 0.2) is 12.1 Å². The van der Waals surface area contributed by atoms with Gasteiger partial charge < -0.3 is 10.2 Å². The lowest BCUT2D eigenvalue weighted by molar-refractivity contribution is -0.136. The number of carbonyl (C=O) groups excluding carboxylic acids is 3. The molecular formula is C26H32FN3O3. The van der Waals surface area contributed by atoms with E-state index in [0.717, 1.165) is 25.3 Å². The van der Waals surface area contributed by atoms with Crippen LogP contribution in [0.3, 0.4) is 0 Å². The van der Waals surface area contributed by atoms with Crippen LogP contribution in [0.4, 0.5) is 4.39 Å². The number of piperidine rings is 1. The molecule has 4 aliphatic carbocycles. The SMILES string of the molecule is O=C1CCC(N2Cc3c(ccc(C[C@H]4CCCC[C@@H]4NCC45CC(C4)C5)c3F)C2=O)C(=O)N1. The monoisotopic (exact) mass is 453 g/mol. The molecule has 6 aliphatic rings. The summed E-state index contributed by atoms with van der Waals surface area (Å²) >= 11 is 0. The molecule has 2 aliphatic heterocycles. The maximum atomic E-state index is 15.6. The van der Waals surface area contributed by atoms with Gasteiger partial charge in [0.2, 0.25) is 11.8 Å². The zero-order valence-electron chi connectivity index (χ0n) is 19.0. The van der Waals surface area contributed by atoms with Crippen molar-refractivity contribution in [1.29, 1.82) is 0 Å². The minimum absolute atomic E-state index is 0.0934. The quantitative estimate of drug-likeness (QED) is 0.649. The number of rotatable bonds is 6. The van der Waals surface area contributed by atoms with E-state index in [1.165, 1.54) is 37.0 Å². The van der Waals surface area contributed by atoms with Gasteiger partial charge in [-0.05, 0) is 73.8 Å². The van der Waals surface area contributed by atoms with Crippen LogP contribution < -0.4 is 10.6 Å². The molecule has 2 bridgehead atoms. The number of halogens is 1. The van der Waals surface area contributed by atoms with Crippen molar-refractivity contribution in [2.75, 3.05) is 6.54 Å². The van der Waals surface area contributed by atoms with Gasteiger partial charge in [-0.3, -0.25) is 19.7 Å². The minimum atomic E-state index is -0.714. The van der Waals surface area contributed by atoms with Crippen LogP contribution in [-0.4, -0.2) is 41.2 Å². The molecule has 7 heteroatoms. The molecule has 176 valence electrons. The van der Waals surface area contributed by atoms with E-state index in [4.69, 9.17) is 0 Å². The molecule has 2 N–H and O–H groups in total. The number of fused-ring (bicyclic) bond motifs is 1. The average molecular weight is 454 g/mol. The smallest absolute Gasteiger partial charge is 0.255 e. The standard InChI is InChI=1S/C26H32FN3O3/c27-23-17(9-16-3-1-2-4-20(16)28-14-26-10-15(11-26)12-26)5-6-18-19(23)13-30(25(18)33)21-7-8-22(31)29-24(21)32/h5-6,15-16,20-21,28H,1-4,7-14H2,(H,29,31,32)/t15?,16-,20+,21?,26?/m1/s1. The van der Waals surface area contributed by atoms with Crippen LogP contribution >= 0.6 is 0 Å². The number of nitrogens with one attached hydrogen (secondary N) is 2. The normalized spacial score (nSPS) is 35.1. The second-order valence-electron chi connectivity index (χ2n) is 11.2. The van der Waals surface area contributed by atoms with Gasteiger partial charge >= 0.3 is 0 Å². The molecule has 7 rings (SSSR count). The lowest BCUT2D eigenvalue weighted by Crippen LogP contribution is -2.58. The largest absolute Gasteiger partial charge is 0.322 e. The highest BCUT2D eigenvalue weighted by Gasteiger charge is 2.56. The van der Waals surface area contributed by atoms with Crippen LogP contribution in [0, 0.1) is 23.1 Å². The summed E-state index contributed by atoms with van der Waals surface area (Å²) in [5.74, 6) is -0.00885. The molecule has 1 saturated heterocycles. The van der Waals surface area contributed by atoms with Crippen molar-refractivity contribution in [1.82, 2.24) is 15.5 Å².